The second-order valence-corrected chi connectivity index (χ2v) is 4.08. The van der Waals surface area contributed by atoms with Gasteiger partial charge in [-0.2, -0.15) is 5.26 Å². The maximum atomic E-state index is 8.76. The molecule has 0 radical (unpaired) electrons. The fourth-order valence-electron chi connectivity index (χ4n) is 2.31. The lowest BCUT2D eigenvalue weighted by molar-refractivity contribution is -0.159. The first-order valence-electron chi connectivity index (χ1n) is 4.90. The van der Waals surface area contributed by atoms with Gasteiger partial charge in [-0.05, 0) is 18.8 Å². The van der Waals surface area contributed by atoms with Crippen molar-refractivity contribution in [1.82, 2.24) is 0 Å². The van der Waals surface area contributed by atoms with Gasteiger partial charge in [0.05, 0.1) is 19.3 Å². The van der Waals surface area contributed by atoms with E-state index in [2.05, 4.69) is 6.07 Å². The molecule has 2 aliphatic heterocycles. The summed E-state index contributed by atoms with van der Waals surface area (Å²) in [6, 6.07) is 2.29. The Bertz CT molecular complexity index is 211. The lowest BCUT2D eigenvalue weighted by atomic mass is 9.68. The third kappa shape index (κ3) is 1.56. The molecule has 0 amide bonds. The zero-order valence-electron chi connectivity index (χ0n) is 7.79. The monoisotopic (exact) mass is 181 g/mol. The van der Waals surface area contributed by atoms with Crippen molar-refractivity contribution >= 4 is 0 Å². The number of rotatable bonds is 2. The number of nitriles is 1. The summed E-state index contributed by atoms with van der Waals surface area (Å²) in [7, 11) is 0. The molecule has 0 aliphatic carbocycles. The van der Waals surface area contributed by atoms with E-state index in [-0.39, 0.29) is 5.41 Å². The molecule has 3 heteroatoms. The summed E-state index contributed by atoms with van der Waals surface area (Å²) in [4.78, 5) is 0. The van der Waals surface area contributed by atoms with Crippen LogP contribution in [0.25, 0.3) is 0 Å². The lowest BCUT2D eigenvalue weighted by Crippen LogP contribution is -2.49. The maximum absolute atomic E-state index is 8.76. The largest absolute Gasteiger partial charge is 0.381 e. The van der Waals surface area contributed by atoms with Crippen LogP contribution >= 0.6 is 0 Å². The summed E-state index contributed by atoms with van der Waals surface area (Å²) in [6.45, 7) is 3.28. The first kappa shape index (κ1) is 8.98. The van der Waals surface area contributed by atoms with Crippen LogP contribution in [-0.2, 0) is 9.47 Å². The Morgan fingerprint density at radius 3 is 2.38 bits per heavy atom. The predicted octanol–water partition coefficient (Wildman–Crippen LogP) is 1.34. The summed E-state index contributed by atoms with van der Waals surface area (Å²) >= 11 is 0. The second-order valence-electron chi connectivity index (χ2n) is 4.08. The van der Waals surface area contributed by atoms with Crippen molar-refractivity contribution in [2.24, 2.45) is 11.3 Å². The Labute approximate surface area is 78.6 Å². The average Bonchev–Trinajstić information content (AvgIpc) is 2.13. The molecule has 13 heavy (non-hydrogen) atoms. The first-order valence-corrected chi connectivity index (χ1v) is 4.90. The molecule has 2 heterocycles. The normalized spacial score (nSPS) is 27.6. The van der Waals surface area contributed by atoms with Gasteiger partial charge < -0.3 is 9.47 Å². The quantitative estimate of drug-likeness (QED) is 0.645. The minimum Gasteiger partial charge on any atom is -0.381 e. The van der Waals surface area contributed by atoms with Crippen molar-refractivity contribution in [2.45, 2.75) is 19.3 Å². The highest BCUT2D eigenvalue weighted by Gasteiger charge is 2.45. The van der Waals surface area contributed by atoms with Crippen LogP contribution in [0.15, 0.2) is 0 Å². The fraction of sp³-hybridized carbons (Fsp3) is 0.900. The standard InChI is InChI=1S/C10H15NO2/c11-4-3-10(7-13-8-10)9-1-5-12-6-2-9/h9H,1-3,5-8H2. The molecule has 0 N–H and O–H groups in total. The molecule has 2 fully saturated rings. The van der Waals surface area contributed by atoms with E-state index in [1.807, 2.05) is 0 Å². The minimum atomic E-state index is 0.179. The van der Waals surface area contributed by atoms with Crippen molar-refractivity contribution in [3.8, 4) is 6.07 Å². The highest BCUT2D eigenvalue weighted by molar-refractivity contribution is 4.98. The molecule has 0 unspecified atom stereocenters. The molecule has 3 nitrogen and oxygen atoms in total. The van der Waals surface area contributed by atoms with Crippen LogP contribution in [0.2, 0.25) is 0 Å². The molecule has 0 spiro atoms. The van der Waals surface area contributed by atoms with Crippen LogP contribution in [0.5, 0.6) is 0 Å². The van der Waals surface area contributed by atoms with Gasteiger partial charge in [0.15, 0.2) is 0 Å². The Morgan fingerprint density at radius 1 is 1.23 bits per heavy atom. The third-order valence-electron chi connectivity index (χ3n) is 3.30. The van der Waals surface area contributed by atoms with E-state index in [9.17, 15) is 0 Å². The van der Waals surface area contributed by atoms with Crippen LogP contribution in [0.3, 0.4) is 0 Å². The number of nitrogens with zero attached hydrogens (tertiary/aromatic N) is 1. The first-order chi connectivity index (χ1) is 6.37. The van der Waals surface area contributed by atoms with Crippen molar-refractivity contribution in [1.29, 1.82) is 5.26 Å². The minimum absolute atomic E-state index is 0.179. The van der Waals surface area contributed by atoms with E-state index >= 15 is 0 Å². The fourth-order valence-corrected chi connectivity index (χ4v) is 2.31. The molecule has 2 saturated heterocycles. The van der Waals surface area contributed by atoms with Gasteiger partial charge in [0, 0.05) is 25.0 Å². The number of hydrogen-bond donors (Lipinski definition) is 0. The van der Waals surface area contributed by atoms with Crippen molar-refractivity contribution in [3.63, 3.8) is 0 Å². The van der Waals surface area contributed by atoms with E-state index in [0.29, 0.717) is 12.3 Å². The van der Waals surface area contributed by atoms with E-state index in [0.717, 1.165) is 39.3 Å². The van der Waals surface area contributed by atoms with Gasteiger partial charge in [-0.25, -0.2) is 0 Å². The van der Waals surface area contributed by atoms with Crippen molar-refractivity contribution < 1.29 is 9.47 Å². The Kier molecular flexibility index (Phi) is 2.52. The van der Waals surface area contributed by atoms with Gasteiger partial charge in [-0.3, -0.25) is 0 Å². The maximum Gasteiger partial charge on any atom is 0.0629 e. The molecule has 0 atom stereocenters. The van der Waals surface area contributed by atoms with E-state index in [1.54, 1.807) is 0 Å². The number of ether oxygens (including phenoxy) is 2. The topological polar surface area (TPSA) is 42.2 Å². The Balaban J connectivity index is 1.98. The van der Waals surface area contributed by atoms with Crippen LogP contribution in [0.4, 0.5) is 0 Å². The second kappa shape index (κ2) is 3.65. The molecule has 0 aromatic heterocycles. The summed E-state index contributed by atoms with van der Waals surface area (Å²) in [5, 5.41) is 8.76. The zero-order valence-corrected chi connectivity index (χ0v) is 7.79. The highest BCUT2D eigenvalue weighted by Crippen LogP contribution is 2.43. The Morgan fingerprint density at radius 2 is 1.92 bits per heavy atom. The molecule has 2 aliphatic rings. The molecule has 0 saturated carbocycles. The van der Waals surface area contributed by atoms with Crippen LogP contribution in [0, 0.1) is 22.7 Å². The molecular weight excluding hydrogens is 166 g/mol. The Hall–Kier alpha value is -0.590. The highest BCUT2D eigenvalue weighted by atomic mass is 16.5. The predicted molar refractivity (Wildman–Crippen MR) is 47.0 cm³/mol. The van der Waals surface area contributed by atoms with Gasteiger partial charge in [0.2, 0.25) is 0 Å². The average molecular weight is 181 g/mol. The summed E-state index contributed by atoms with van der Waals surface area (Å²) in [5.41, 5.74) is 0.179. The third-order valence-corrected chi connectivity index (χ3v) is 3.30. The van der Waals surface area contributed by atoms with Gasteiger partial charge in [0.25, 0.3) is 0 Å². The van der Waals surface area contributed by atoms with Crippen LogP contribution < -0.4 is 0 Å². The van der Waals surface area contributed by atoms with E-state index in [1.165, 1.54) is 0 Å². The molecule has 0 bridgehead atoms. The summed E-state index contributed by atoms with van der Waals surface area (Å²) in [6.07, 6.45) is 2.85. The SMILES string of the molecule is N#CCC1(C2CCOCC2)COC1. The van der Waals surface area contributed by atoms with Crippen molar-refractivity contribution in [2.75, 3.05) is 26.4 Å². The van der Waals surface area contributed by atoms with Crippen LogP contribution in [-0.4, -0.2) is 26.4 Å². The van der Waals surface area contributed by atoms with Gasteiger partial charge in [0.1, 0.15) is 0 Å². The van der Waals surface area contributed by atoms with E-state index < -0.39 is 0 Å². The number of hydrogen-bond acceptors (Lipinski definition) is 3. The van der Waals surface area contributed by atoms with Gasteiger partial charge in [-0.15, -0.1) is 0 Å². The molecule has 72 valence electrons. The zero-order chi connectivity index (χ0) is 9.15. The summed E-state index contributed by atoms with van der Waals surface area (Å²) in [5.74, 6) is 0.648. The molecular formula is C10H15NO2. The van der Waals surface area contributed by atoms with Gasteiger partial charge in [-0.1, -0.05) is 0 Å². The lowest BCUT2D eigenvalue weighted by Gasteiger charge is -2.47. The smallest absolute Gasteiger partial charge is 0.0629 e. The molecule has 2 rings (SSSR count). The van der Waals surface area contributed by atoms with E-state index in [4.69, 9.17) is 14.7 Å². The van der Waals surface area contributed by atoms with Crippen molar-refractivity contribution in [3.05, 3.63) is 0 Å². The summed E-state index contributed by atoms with van der Waals surface area (Å²) < 4.78 is 10.6. The molecule has 0 aromatic rings. The molecule has 0 aromatic carbocycles. The van der Waals surface area contributed by atoms with Crippen LogP contribution in [0.1, 0.15) is 19.3 Å². The van der Waals surface area contributed by atoms with Gasteiger partial charge >= 0.3 is 0 Å².